The number of benzene rings is 3. The van der Waals surface area contributed by atoms with Gasteiger partial charge in [0, 0.05) is 5.41 Å². The average molecular weight is 455 g/mol. The Morgan fingerprint density at radius 2 is 1.29 bits per heavy atom. The van der Waals surface area contributed by atoms with Gasteiger partial charge in [0.2, 0.25) is 0 Å². The van der Waals surface area contributed by atoms with Gasteiger partial charge in [-0.05, 0) is 110 Å². The minimum atomic E-state index is -0.133. The Labute approximate surface area is 206 Å². The highest BCUT2D eigenvalue weighted by Gasteiger charge is 2.23. The maximum absolute atomic E-state index is 6.08. The molecular weight excluding hydrogens is 416 g/mol. The van der Waals surface area contributed by atoms with Gasteiger partial charge in [-0.3, -0.25) is 0 Å². The monoisotopic (exact) mass is 454 g/mol. The molecule has 0 amide bonds. The quantitative estimate of drug-likeness (QED) is 0.300. The molecule has 3 aromatic carbocycles. The van der Waals surface area contributed by atoms with Gasteiger partial charge in [0.15, 0.2) is 0 Å². The van der Waals surface area contributed by atoms with E-state index in [1.54, 1.807) is 0 Å². The highest BCUT2D eigenvalue weighted by molar-refractivity contribution is 5.44. The minimum Gasteiger partial charge on any atom is -0.490 e. The van der Waals surface area contributed by atoms with Crippen LogP contribution in [0.4, 0.5) is 0 Å². The van der Waals surface area contributed by atoms with Gasteiger partial charge in [-0.25, -0.2) is 0 Å². The predicted octanol–water partition coefficient (Wildman–Crippen LogP) is 8.96. The molecule has 0 aromatic heterocycles. The molecule has 0 unspecified atom stereocenters. The van der Waals surface area contributed by atoms with Crippen molar-refractivity contribution in [1.29, 1.82) is 0 Å². The van der Waals surface area contributed by atoms with Crippen LogP contribution in [0.15, 0.2) is 84.5 Å². The predicted molar refractivity (Wildman–Crippen MR) is 144 cm³/mol. The van der Waals surface area contributed by atoms with E-state index in [0.29, 0.717) is 6.61 Å². The van der Waals surface area contributed by atoms with Crippen molar-refractivity contribution in [2.75, 3.05) is 6.61 Å². The largest absolute Gasteiger partial charge is 0.490 e. The van der Waals surface area contributed by atoms with E-state index in [4.69, 9.17) is 9.47 Å². The SMILES string of the molecule is CC/C=C(\C=C/COc1ccc(C)c(C)c1)C(C)(C)c1ccc(Oc2ccc(C)c(C)c2)cc1. The summed E-state index contributed by atoms with van der Waals surface area (Å²) < 4.78 is 12.0. The van der Waals surface area contributed by atoms with E-state index in [0.717, 1.165) is 23.7 Å². The van der Waals surface area contributed by atoms with E-state index in [1.807, 2.05) is 12.1 Å². The molecule has 178 valence electrons. The van der Waals surface area contributed by atoms with E-state index in [-0.39, 0.29) is 5.41 Å². The zero-order valence-corrected chi connectivity index (χ0v) is 21.7. The number of ether oxygens (including phenoxy) is 2. The minimum absolute atomic E-state index is 0.133. The normalized spacial score (nSPS) is 12.3. The summed E-state index contributed by atoms with van der Waals surface area (Å²) in [4.78, 5) is 0. The Morgan fingerprint density at radius 3 is 1.88 bits per heavy atom. The summed E-state index contributed by atoms with van der Waals surface area (Å²) >= 11 is 0. The zero-order valence-electron chi connectivity index (χ0n) is 21.7. The van der Waals surface area contributed by atoms with Crippen molar-refractivity contribution in [3.63, 3.8) is 0 Å². The van der Waals surface area contributed by atoms with Crippen molar-refractivity contribution in [3.05, 3.63) is 112 Å². The number of rotatable bonds is 9. The highest BCUT2D eigenvalue weighted by atomic mass is 16.5. The molecule has 0 aliphatic rings. The average Bonchev–Trinajstić information content (AvgIpc) is 2.81. The van der Waals surface area contributed by atoms with Crippen molar-refractivity contribution in [1.82, 2.24) is 0 Å². The fourth-order valence-electron chi connectivity index (χ4n) is 3.89. The van der Waals surface area contributed by atoms with Gasteiger partial charge in [0.1, 0.15) is 23.9 Å². The van der Waals surface area contributed by atoms with Crippen LogP contribution in [0.25, 0.3) is 0 Å². The third-order valence-corrected chi connectivity index (χ3v) is 6.56. The second-order valence-corrected chi connectivity index (χ2v) is 9.52. The number of aryl methyl sites for hydroxylation is 4. The second-order valence-electron chi connectivity index (χ2n) is 9.52. The Kier molecular flexibility index (Phi) is 8.39. The van der Waals surface area contributed by atoms with Crippen LogP contribution in [0.2, 0.25) is 0 Å². The summed E-state index contributed by atoms with van der Waals surface area (Å²) in [5.74, 6) is 2.63. The summed E-state index contributed by atoms with van der Waals surface area (Å²) in [7, 11) is 0. The third-order valence-electron chi connectivity index (χ3n) is 6.56. The zero-order chi connectivity index (χ0) is 24.7. The van der Waals surface area contributed by atoms with Crippen molar-refractivity contribution >= 4 is 0 Å². The van der Waals surface area contributed by atoms with Gasteiger partial charge < -0.3 is 9.47 Å². The molecule has 3 rings (SSSR count). The van der Waals surface area contributed by atoms with Crippen LogP contribution in [-0.4, -0.2) is 6.61 Å². The molecule has 0 aliphatic heterocycles. The second kappa shape index (κ2) is 11.2. The van der Waals surface area contributed by atoms with Gasteiger partial charge in [-0.15, -0.1) is 0 Å². The standard InChI is InChI=1S/C32H38O2/c1-8-10-27(11-9-20-33-30-16-12-23(2)25(4)21-30)32(6,7)28-14-18-29(19-15-28)34-31-17-13-24(3)26(5)22-31/h9-19,21-22H,8,20H2,1-7H3/b11-9-,27-10+. The van der Waals surface area contributed by atoms with Gasteiger partial charge in [-0.1, -0.05) is 57.2 Å². The molecule has 0 N–H and O–H groups in total. The Hall–Kier alpha value is -3.26. The van der Waals surface area contributed by atoms with Gasteiger partial charge in [-0.2, -0.15) is 0 Å². The van der Waals surface area contributed by atoms with Gasteiger partial charge >= 0.3 is 0 Å². The van der Waals surface area contributed by atoms with Crippen LogP contribution >= 0.6 is 0 Å². The molecule has 0 fully saturated rings. The summed E-state index contributed by atoms with van der Waals surface area (Å²) in [6.45, 7) is 15.7. The smallest absolute Gasteiger partial charge is 0.127 e. The maximum atomic E-state index is 6.08. The number of hydrogen-bond donors (Lipinski definition) is 0. The van der Waals surface area contributed by atoms with E-state index in [1.165, 1.54) is 33.4 Å². The topological polar surface area (TPSA) is 18.5 Å². The summed E-state index contributed by atoms with van der Waals surface area (Å²) in [6, 6.07) is 20.9. The highest BCUT2D eigenvalue weighted by Crippen LogP contribution is 2.34. The third kappa shape index (κ3) is 6.41. The van der Waals surface area contributed by atoms with Crippen LogP contribution in [0, 0.1) is 27.7 Å². The van der Waals surface area contributed by atoms with E-state index >= 15 is 0 Å². The van der Waals surface area contributed by atoms with Gasteiger partial charge in [0.25, 0.3) is 0 Å². The van der Waals surface area contributed by atoms with Crippen LogP contribution in [0.5, 0.6) is 17.2 Å². The maximum Gasteiger partial charge on any atom is 0.127 e. The fourth-order valence-corrected chi connectivity index (χ4v) is 3.89. The molecule has 0 aliphatic carbocycles. The Bertz CT molecular complexity index is 1160. The molecular formula is C32H38O2. The first-order valence-corrected chi connectivity index (χ1v) is 12.1. The van der Waals surface area contributed by atoms with Crippen LogP contribution in [0.3, 0.4) is 0 Å². The lowest BCUT2D eigenvalue weighted by molar-refractivity contribution is 0.362. The molecule has 0 heterocycles. The molecule has 0 saturated carbocycles. The Balaban J connectivity index is 1.69. The first-order chi connectivity index (χ1) is 16.2. The molecule has 0 atom stereocenters. The van der Waals surface area contributed by atoms with Crippen molar-refractivity contribution in [3.8, 4) is 17.2 Å². The van der Waals surface area contributed by atoms with Crippen LogP contribution < -0.4 is 9.47 Å². The van der Waals surface area contributed by atoms with Crippen molar-refractivity contribution in [2.24, 2.45) is 0 Å². The fraction of sp³-hybridized carbons (Fsp3) is 0.312. The summed E-state index contributed by atoms with van der Waals surface area (Å²) in [5.41, 5.74) is 7.43. The van der Waals surface area contributed by atoms with E-state index < -0.39 is 0 Å². The summed E-state index contributed by atoms with van der Waals surface area (Å²) in [5, 5.41) is 0. The molecule has 2 nitrogen and oxygen atoms in total. The number of allylic oxidation sites excluding steroid dienone is 3. The lowest BCUT2D eigenvalue weighted by Crippen LogP contribution is -2.19. The molecule has 0 radical (unpaired) electrons. The lowest BCUT2D eigenvalue weighted by Gasteiger charge is -2.27. The first kappa shape index (κ1) is 25.4. The van der Waals surface area contributed by atoms with E-state index in [9.17, 15) is 0 Å². The van der Waals surface area contributed by atoms with Crippen LogP contribution in [0.1, 0.15) is 55.0 Å². The van der Waals surface area contributed by atoms with E-state index in [2.05, 4.69) is 115 Å². The van der Waals surface area contributed by atoms with Gasteiger partial charge in [0.05, 0.1) is 0 Å². The number of hydrogen-bond acceptors (Lipinski definition) is 2. The molecule has 34 heavy (non-hydrogen) atoms. The molecule has 3 aromatic rings. The Morgan fingerprint density at radius 1 is 0.735 bits per heavy atom. The molecule has 0 bridgehead atoms. The van der Waals surface area contributed by atoms with Crippen LogP contribution in [-0.2, 0) is 5.41 Å². The summed E-state index contributed by atoms with van der Waals surface area (Å²) in [6.07, 6.45) is 7.58. The van der Waals surface area contributed by atoms with Crippen molar-refractivity contribution in [2.45, 2.75) is 60.3 Å². The van der Waals surface area contributed by atoms with Crippen molar-refractivity contribution < 1.29 is 9.47 Å². The first-order valence-electron chi connectivity index (χ1n) is 12.1. The molecule has 0 spiro atoms. The lowest BCUT2D eigenvalue weighted by atomic mass is 9.77. The molecule has 0 saturated heterocycles. The molecule has 2 heteroatoms.